The predicted octanol–water partition coefficient (Wildman–Crippen LogP) is -0.00300. The van der Waals surface area contributed by atoms with Crippen LogP contribution in [0.3, 0.4) is 0 Å². The van der Waals surface area contributed by atoms with E-state index in [2.05, 4.69) is 5.32 Å². The molecular formula is C10H20N2O2S. The van der Waals surface area contributed by atoms with Crippen LogP contribution < -0.4 is 11.1 Å². The van der Waals surface area contributed by atoms with E-state index in [0.29, 0.717) is 11.5 Å². The third-order valence-electron chi connectivity index (χ3n) is 2.76. The number of hydrogen-bond donors (Lipinski definition) is 2. The van der Waals surface area contributed by atoms with Crippen molar-refractivity contribution in [1.82, 2.24) is 5.32 Å². The zero-order valence-electron chi connectivity index (χ0n) is 9.36. The number of amides is 1. The van der Waals surface area contributed by atoms with Crippen LogP contribution in [0.2, 0.25) is 0 Å². The molecule has 1 saturated heterocycles. The number of nitrogens with two attached hydrogens (primary N) is 1. The van der Waals surface area contributed by atoms with E-state index in [1.165, 1.54) is 0 Å². The van der Waals surface area contributed by atoms with Gasteiger partial charge in [-0.2, -0.15) is 0 Å². The van der Waals surface area contributed by atoms with Gasteiger partial charge in [0, 0.05) is 28.3 Å². The Labute approximate surface area is 93.4 Å². The van der Waals surface area contributed by atoms with Gasteiger partial charge < -0.3 is 11.1 Å². The Hall–Kier alpha value is -0.420. The van der Waals surface area contributed by atoms with E-state index in [4.69, 9.17) is 5.73 Å². The SMILES string of the molecule is CC(C)[C@@H](N)C(=O)NC1CCS(=O)CC1. The van der Waals surface area contributed by atoms with Crippen molar-refractivity contribution in [2.45, 2.75) is 38.8 Å². The molecule has 5 heteroatoms. The van der Waals surface area contributed by atoms with Gasteiger partial charge in [-0.15, -0.1) is 0 Å². The van der Waals surface area contributed by atoms with Crippen LogP contribution in [0.1, 0.15) is 26.7 Å². The first-order chi connectivity index (χ1) is 7.00. The average molecular weight is 232 g/mol. The van der Waals surface area contributed by atoms with Gasteiger partial charge in [0.25, 0.3) is 0 Å². The fraction of sp³-hybridized carbons (Fsp3) is 0.900. The Morgan fingerprint density at radius 1 is 1.40 bits per heavy atom. The largest absolute Gasteiger partial charge is 0.352 e. The number of carbonyl (C=O) groups is 1. The Morgan fingerprint density at radius 3 is 2.40 bits per heavy atom. The Morgan fingerprint density at radius 2 is 1.93 bits per heavy atom. The zero-order chi connectivity index (χ0) is 11.4. The lowest BCUT2D eigenvalue weighted by atomic mass is 10.0. The minimum atomic E-state index is -0.678. The highest BCUT2D eigenvalue weighted by molar-refractivity contribution is 7.85. The van der Waals surface area contributed by atoms with Crippen LogP contribution in [0.5, 0.6) is 0 Å². The van der Waals surface area contributed by atoms with Crippen LogP contribution in [-0.2, 0) is 15.6 Å². The van der Waals surface area contributed by atoms with Crippen molar-refractivity contribution in [3.05, 3.63) is 0 Å². The maximum Gasteiger partial charge on any atom is 0.237 e. The molecular weight excluding hydrogens is 212 g/mol. The fourth-order valence-electron chi connectivity index (χ4n) is 1.54. The topological polar surface area (TPSA) is 72.2 Å². The highest BCUT2D eigenvalue weighted by Gasteiger charge is 2.23. The summed E-state index contributed by atoms with van der Waals surface area (Å²) in [6.07, 6.45) is 1.62. The molecule has 0 spiro atoms. The van der Waals surface area contributed by atoms with Crippen LogP contribution in [0.25, 0.3) is 0 Å². The van der Waals surface area contributed by atoms with E-state index in [-0.39, 0.29) is 17.9 Å². The predicted molar refractivity (Wildman–Crippen MR) is 61.9 cm³/mol. The van der Waals surface area contributed by atoms with Crippen LogP contribution in [0.4, 0.5) is 0 Å². The van der Waals surface area contributed by atoms with Gasteiger partial charge in [-0.1, -0.05) is 13.8 Å². The summed E-state index contributed by atoms with van der Waals surface area (Å²) in [7, 11) is -0.678. The first-order valence-corrected chi connectivity index (χ1v) is 6.90. The molecule has 0 bridgehead atoms. The van der Waals surface area contributed by atoms with E-state index in [1.54, 1.807) is 0 Å². The summed E-state index contributed by atoms with van der Waals surface area (Å²) in [6, 6.07) is -0.266. The molecule has 3 N–H and O–H groups in total. The quantitative estimate of drug-likeness (QED) is 0.719. The molecule has 1 fully saturated rings. The normalized spacial score (nSPS) is 28.8. The van der Waals surface area contributed by atoms with Gasteiger partial charge in [-0.05, 0) is 18.8 Å². The molecule has 0 aromatic carbocycles. The van der Waals surface area contributed by atoms with Crippen LogP contribution in [0, 0.1) is 5.92 Å². The summed E-state index contributed by atoms with van der Waals surface area (Å²) in [4.78, 5) is 11.6. The lowest BCUT2D eigenvalue weighted by Crippen LogP contribution is -2.49. The van der Waals surface area contributed by atoms with E-state index < -0.39 is 16.8 Å². The Bertz CT molecular complexity index is 246. The van der Waals surface area contributed by atoms with Gasteiger partial charge in [0.1, 0.15) is 0 Å². The summed E-state index contributed by atoms with van der Waals surface area (Å²) in [5.41, 5.74) is 5.73. The minimum absolute atomic E-state index is 0.0808. The summed E-state index contributed by atoms with van der Waals surface area (Å²) in [5, 5.41) is 2.92. The second-order valence-corrected chi connectivity index (χ2v) is 6.10. The molecule has 0 unspecified atom stereocenters. The molecule has 0 aromatic heterocycles. The number of rotatable bonds is 3. The fourth-order valence-corrected chi connectivity index (χ4v) is 2.84. The molecule has 0 radical (unpaired) electrons. The lowest BCUT2D eigenvalue weighted by Gasteiger charge is -2.25. The van der Waals surface area contributed by atoms with Crippen molar-refractivity contribution in [3.63, 3.8) is 0 Å². The zero-order valence-corrected chi connectivity index (χ0v) is 10.2. The van der Waals surface area contributed by atoms with Crippen molar-refractivity contribution >= 4 is 16.7 Å². The van der Waals surface area contributed by atoms with Crippen LogP contribution in [0.15, 0.2) is 0 Å². The van der Waals surface area contributed by atoms with Gasteiger partial charge in [0.2, 0.25) is 5.91 Å². The molecule has 15 heavy (non-hydrogen) atoms. The monoisotopic (exact) mass is 232 g/mol. The summed E-state index contributed by atoms with van der Waals surface area (Å²) in [6.45, 7) is 3.86. The van der Waals surface area contributed by atoms with Crippen molar-refractivity contribution in [3.8, 4) is 0 Å². The maximum atomic E-state index is 11.6. The minimum Gasteiger partial charge on any atom is -0.352 e. The lowest BCUT2D eigenvalue weighted by molar-refractivity contribution is -0.124. The van der Waals surface area contributed by atoms with Crippen molar-refractivity contribution in [2.75, 3.05) is 11.5 Å². The van der Waals surface area contributed by atoms with Gasteiger partial charge in [0.15, 0.2) is 0 Å². The molecule has 1 rings (SSSR count). The van der Waals surface area contributed by atoms with Crippen LogP contribution >= 0.6 is 0 Å². The van der Waals surface area contributed by atoms with Gasteiger partial charge in [-0.3, -0.25) is 9.00 Å². The highest BCUT2D eigenvalue weighted by Crippen LogP contribution is 2.09. The average Bonchev–Trinajstić information content (AvgIpc) is 2.20. The summed E-state index contributed by atoms with van der Waals surface area (Å²) < 4.78 is 11.1. The van der Waals surface area contributed by atoms with Gasteiger partial charge in [0.05, 0.1) is 6.04 Å². The summed E-state index contributed by atoms with van der Waals surface area (Å²) >= 11 is 0. The van der Waals surface area contributed by atoms with Crippen LogP contribution in [-0.4, -0.2) is 33.7 Å². The molecule has 1 aliphatic heterocycles. The molecule has 0 aromatic rings. The Balaban J connectivity index is 2.35. The van der Waals surface area contributed by atoms with E-state index in [0.717, 1.165) is 12.8 Å². The number of nitrogens with one attached hydrogen (secondary N) is 1. The first-order valence-electron chi connectivity index (χ1n) is 5.41. The van der Waals surface area contributed by atoms with Crippen molar-refractivity contribution in [1.29, 1.82) is 0 Å². The molecule has 0 aliphatic carbocycles. The molecule has 1 atom stereocenters. The number of hydrogen-bond acceptors (Lipinski definition) is 3. The molecule has 88 valence electrons. The van der Waals surface area contributed by atoms with Crippen molar-refractivity contribution in [2.24, 2.45) is 11.7 Å². The summed E-state index contributed by atoms with van der Waals surface area (Å²) in [5.74, 6) is 1.47. The van der Waals surface area contributed by atoms with E-state index >= 15 is 0 Å². The van der Waals surface area contributed by atoms with Gasteiger partial charge >= 0.3 is 0 Å². The van der Waals surface area contributed by atoms with E-state index in [9.17, 15) is 9.00 Å². The molecule has 1 heterocycles. The highest BCUT2D eigenvalue weighted by atomic mass is 32.2. The molecule has 1 aliphatic rings. The molecule has 1 amide bonds. The second kappa shape index (κ2) is 5.61. The molecule has 4 nitrogen and oxygen atoms in total. The van der Waals surface area contributed by atoms with E-state index in [1.807, 2.05) is 13.8 Å². The third-order valence-corrected chi connectivity index (χ3v) is 4.14. The number of carbonyl (C=O) groups excluding carboxylic acids is 1. The Kier molecular flexibility index (Phi) is 4.73. The standard InChI is InChI=1S/C10H20N2O2S/c1-7(2)9(11)10(13)12-8-3-5-15(14)6-4-8/h7-9H,3-6,11H2,1-2H3,(H,12,13)/t8?,9-,15?/m1/s1. The third kappa shape index (κ3) is 3.91. The maximum absolute atomic E-state index is 11.6. The first kappa shape index (κ1) is 12.6. The smallest absolute Gasteiger partial charge is 0.237 e. The van der Waals surface area contributed by atoms with Crippen molar-refractivity contribution < 1.29 is 9.00 Å². The second-order valence-electron chi connectivity index (χ2n) is 4.40. The van der Waals surface area contributed by atoms with Gasteiger partial charge in [-0.25, -0.2) is 0 Å². The molecule has 0 saturated carbocycles.